The number of non-ortho nitro benzene ring substituents is 1. The first-order valence-corrected chi connectivity index (χ1v) is 6.33. The van der Waals surface area contributed by atoms with Crippen molar-refractivity contribution in [3.05, 3.63) is 50.9 Å². The second-order valence-corrected chi connectivity index (χ2v) is 4.47. The highest BCUT2D eigenvalue weighted by Crippen LogP contribution is 2.25. The van der Waals surface area contributed by atoms with Gasteiger partial charge in [0.2, 0.25) is 5.88 Å². The number of nitro groups is 1. The first-order chi connectivity index (χ1) is 9.08. The Kier molecular flexibility index (Phi) is 4.06. The fourth-order valence-electron chi connectivity index (χ4n) is 1.43. The monoisotopic (exact) mass is 323 g/mol. The van der Waals surface area contributed by atoms with Crippen LogP contribution in [0.3, 0.4) is 0 Å². The highest BCUT2D eigenvalue weighted by atomic mass is 79.9. The molecule has 2 aromatic rings. The van der Waals surface area contributed by atoms with Crippen molar-refractivity contribution < 1.29 is 9.66 Å². The van der Waals surface area contributed by atoms with Crippen molar-refractivity contribution in [3.8, 4) is 11.6 Å². The zero-order chi connectivity index (χ0) is 13.8. The molecule has 2 rings (SSSR count). The fourth-order valence-corrected chi connectivity index (χ4v) is 1.83. The number of benzene rings is 1. The SMILES string of the molecule is CCc1nc(Br)cc(Oc2cccc([N+](=O)[O-])c2)n1. The number of rotatable bonds is 4. The lowest BCUT2D eigenvalue weighted by molar-refractivity contribution is -0.384. The van der Waals surface area contributed by atoms with E-state index in [4.69, 9.17) is 4.74 Å². The maximum atomic E-state index is 10.7. The maximum absolute atomic E-state index is 10.7. The number of nitro benzene ring substituents is 1. The van der Waals surface area contributed by atoms with Gasteiger partial charge in [-0.25, -0.2) is 4.98 Å². The van der Waals surface area contributed by atoms with Crippen LogP contribution in [0.2, 0.25) is 0 Å². The quantitative estimate of drug-likeness (QED) is 0.488. The molecule has 1 heterocycles. The zero-order valence-corrected chi connectivity index (χ0v) is 11.6. The minimum Gasteiger partial charge on any atom is -0.439 e. The van der Waals surface area contributed by atoms with Gasteiger partial charge in [-0.1, -0.05) is 13.0 Å². The third-order valence-electron chi connectivity index (χ3n) is 2.28. The Bertz CT molecular complexity index is 619. The summed E-state index contributed by atoms with van der Waals surface area (Å²) in [6, 6.07) is 7.55. The van der Waals surface area contributed by atoms with Gasteiger partial charge in [-0.15, -0.1) is 0 Å². The van der Waals surface area contributed by atoms with Crippen molar-refractivity contribution in [2.75, 3.05) is 0 Å². The van der Waals surface area contributed by atoms with E-state index in [0.717, 1.165) is 0 Å². The second-order valence-electron chi connectivity index (χ2n) is 3.66. The molecule has 98 valence electrons. The van der Waals surface area contributed by atoms with E-state index in [0.29, 0.717) is 28.5 Å². The molecule has 0 saturated carbocycles. The van der Waals surface area contributed by atoms with Crippen LogP contribution < -0.4 is 4.74 Å². The molecule has 1 aromatic carbocycles. The molecule has 0 saturated heterocycles. The standard InChI is InChI=1S/C12H10BrN3O3/c1-2-11-14-10(13)7-12(15-11)19-9-5-3-4-8(6-9)16(17)18/h3-7H,2H2,1H3. The van der Waals surface area contributed by atoms with E-state index in [2.05, 4.69) is 25.9 Å². The molecule has 0 radical (unpaired) electrons. The van der Waals surface area contributed by atoms with Gasteiger partial charge in [0.05, 0.1) is 11.0 Å². The van der Waals surface area contributed by atoms with Gasteiger partial charge < -0.3 is 4.74 Å². The van der Waals surface area contributed by atoms with E-state index >= 15 is 0 Å². The smallest absolute Gasteiger partial charge is 0.273 e. The van der Waals surface area contributed by atoms with E-state index in [1.54, 1.807) is 18.2 Å². The predicted octanol–water partition coefficient (Wildman–Crippen LogP) is 3.50. The van der Waals surface area contributed by atoms with Gasteiger partial charge in [0.1, 0.15) is 16.2 Å². The molecule has 0 atom stereocenters. The number of hydrogen-bond donors (Lipinski definition) is 0. The first-order valence-electron chi connectivity index (χ1n) is 5.54. The first kappa shape index (κ1) is 13.4. The highest BCUT2D eigenvalue weighted by Gasteiger charge is 2.09. The highest BCUT2D eigenvalue weighted by molar-refractivity contribution is 9.10. The second kappa shape index (κ2) is 5.75. The molecule has 1 aromatic heterocycles. The van der Waals surface area contributed by atoms with Gasteiger partial charge in [0.25, 0.3) is 5.69 Å². The lowest BCUT2D eigenvalue weighted by atomic mass is 10.3. The Labute approximate surface area is 117 Å². The number of hydrogen-bond acceptors (Lipinski definition) is 5. The summed E-state index contributed by atoms with van der Waals surface area (Å²) in [4.78, 5) is 18.6. The average Bonchev–Trinajstić information content (AvgIpc) is 2.38. The summed E-state index contributed by atoms with van der Waals surface area (Å²) in [5.74, 6) is 1.34. The van der Waals surface area contributed by atoms with Gasteiger partial charge in [0.15, 0.2) is 0 Å². The number of ether oxygens (including phenoxy) is 1. The number of aromatic nitrogens is 2. The molecular weight excluding hydrogens is 314 g/mol. The van der Waals surface area contributed by atoms with E-state index in [9.17, 15) is 10.1 Å². The topological polar surface area (TPSA) is 78.2 Å². The molecule has 7 heteroatoms. The Morgan fingerprint density at radius 2 is 2.16 bits per heavy atom. The van der Waals surface area contributed by atoms with Crippen molar-refractivity contribution in [3.63, 3.8) is 0 Å². The van der Waals surface area contributed by atoms with Gasteiger partial charge >= 0.3 is 0 Å². The van der Waals surface area contributed by atoms with Crippen LogP contribution in [0.4, 0.5) is 5.69 Å². The molecule has 6 nitrogen and oxygen atoms in total. The Morgan fingerprint density at radius 1 is 1.37 bits per heavy atom. The average molecular weight is 324 g/mol. The molecule has 0 aliphatic carbocycles. The van der Waals surface area contributed by atoms with Crippen LogP contribution in [0.1, 0.15) is 12.7 Å². The van der Waals surface area contributed by atoms with Crippen LogP contribution in [0.5, 0.6) is 11.6 Å². The van der Waals surface area contributed by atoms with Crippen molar-refractivity contribution in [2.45, 2.75) is 13.3 Å². The molecule has 0 spiro atoms. The van der Waals surface area contributed by atoms with Crippen LogP contribution in [0.15, 0.2) is 34.9 Å². The minimum absolute atomic E-state index is 0.0265. The van der Waals surface area contributed by atoms with Gasteiger partial charge in [-0.05, 0) is 22.0 Å². The third kappa shape index (κ3) is 3.47. The van der Waals surface area contributed by atoms with Crippen LogP contribution in [-0.2, 0) is 6.42 Å². The third-order valence-corrected chi connectivity index (χ3v) is 2.69. The van der Waals surface area contributed by atoms with Gasteiger partial charge in [-0.3, -0.25) is 10.1 Å². The molecule has 0 fully saturated rings. The minimum atomic E-state index is -0.472. The normalized spacial score (nSPS) is 10.2. The van der Waals surface area contributed by atoms with Gasteiger partial charge in [0, 0.05) is 18.6 Å². The fraction of sp³-hybridized carbons (Fsp3) is 0.167. The van der Waals surface area contributed by atoms with Crippen molar-refractivity contribution >= 4 is 21.6 Å². The summed E-state index contributed by atoms with van der Waals surface area (Å²) in [5, 5.41) is 10.7. The molecule has 0 amide bonds. The molecule has 0 aliphatic rings. The van der Waals surface area contributed by atoms with E-state index in [1.165, 1.54) is 12.1 Å². The molecule has 0 aliphatic heterocycles. The maximum Gasteiger partial charge on any atom is 0.273 e. The number of aryl methyl sites for hydroxylation is 1. The molecular formula is C12H10BrN3O3. The predicted molar refractivity (Wildman–Crippen MR) is 72.3 cm³/mol. The Hall–Kier alpha value is -2.02. The lowest BCUT2D eigenvalue weighted by Crippen LogP contribution is -1.97. The Balaban J connectivity index is 2.28. The van der Waals surface area contributed by atoms with E-state index in [1.807, 2.05) is 6.92 Å². The Morgan fingerprint density at radius 3 is 2.84 bits per heavy atom. The van der Waals surface area contributed by atoms with Gasteiger partial charge in [-0.2, -0.15) is 4.98 Å². The largest absolute Gasteiger partial charge is 0.439 e. The van der Waals surface area contributed by atoms with E-state index < -0.39 is 4.92 Å². The summed E-state index contributed by atoms with van der Waals surface area (Å²) >= 11 is 3.27. The molecule has 0 N–H and O–H groups in total. The van der Waals surface area contributed by atoms with Crippen LogP contribution >= 0.6 is 15.9 Å². The summed E-state index contributed by atoms with van der Waals surface area (Å²) in [6.07, 6.45) is 0.671. The summed E-state index contributed by atoms with van der Waals surface area (Å²) < 4.78 is 6.12. The van der Waals surface area contributed by atoms with Crippen molar-refractivity contribution in [2.24, 2.45) is 0 Å². The summed E-state index contributed by atoms with van der Waals surface area (Å²) in [7, 11) is 0. The molecule has 19 heavy (non-hydrogen) atoms. The number of nitrogens with zero attached hydrogens (tertiary/aromatic N) is 3. The van der Waals surface area contributed by atoms with Crippen LogP contribution in [-0.4, -0.2) is 14.9 Å². The molecule has 0 unspecified atom stereocenters. The summed E-state index contributed by atoms with van der Waals surface area (Å²) in [6.45, 7) is 1.93. The lowest BCUT2D eigenvalue weighted by Gasteiger charge is -2.06. The van der Waals surface area contributed by atoms with Crippen molar-refractivity contribution in [1.29, 1.82) is 0 Å². The van der Waals surface area contributed by atoms with Crippen LogP contribution in [0.25, 0.3) is 0 Å². The number of halogens is 1. The zero-order valence-electron chi connectivity index (χ0n) is 10.0. The molecule has 0 bridgehead atoms. The summed E-state index contributed by atoms with van der Waals surface area (Å²) in [5.41, 5.74) is -0.0265. The van der Waals surface area contributed by atoms with Crippen LogP contribution in [0, 0.1) is 10.1 Å². The van der Waals surface area contributed by atoms with E-state index in [-0.39, 0.29) is 5.69 Å². The van der Waals surface area contributed by atoms with Crippen molar-refractivity contribution in [1.82, 2.24) is 9.97 Å².